The first kappa shape index (κ1) is 18.5. The van der Waals surface area contributed by atoms with Crippen molar-refractivity contribution in [1.82, 2.24) is 30.0 Å². The van der Waals surface area contributed by atoms with E-state index in [-0.39, 0.29) is 29.7 Å². The molecule has 0 radical (unpaired) electrons. The molecule has 8 nitrogen and oxygen atoms in total. The number of aromatic nitrogens is 5. The van der Waals surface area contributed by atoms with Crippen molar-refractivity contribution in [2.45, 2.75) is 19.6 Å². The minimum absolute atomic E-state index is 0.173. The SMILES string of the molecule is CNC(=O)c1nccc2nn(Cc3cnc(OCC(F)(F)F)c(C)n3)cc12. The van der Waals surface area contributed by atoms with Crippen molar-refractivity contribution in [1.29, 1.82) is 0 Å². The van der Waals surface area contributed by atoms with Gasteiger partial charge in [-0.2, -0.15) is 18.3 Å². The Morgan fingerprint density at radius 1 is 1.33 bits per heavy atom. The van der Waals surface area contributed by atoms with Crippen LogP contribution < -0.4 is 10.1 Å². The zero-order valence-electron chi connectivity index (χ0n) is 14.4. The molecule has 0 aromatic carbocycles. The van der Waals surface area contributed by atoms with E-state index in [9.17, 15) is 18.0 Å². The quantitative estimate of drug-likeness (QED) is 0.726. The van der Waals surface area contributed by atoms with Gasteiger partial charge >= 0.3 is 6.18 Å². The summed E-state index contributed by atoms with van der Waals surface area (Å²) in [6.07, 6.45) is 0.0143. The number of nitrogens with zero attached hydrogens (tertiary/aromatic N) is 5. The number of carbonyl (C=O) groups is 1. The number of halogens is 3. The Morgan fingerprint density at radius 3 is 2.78 bits per heavy atom. The molecule has 0 aliphatic heterocycles. The maximum absolute atomic E-state index is 12.2. The second-order valence-electron chi connectivity index (χ2n) is 5.65. The van der Waals surface area contributed by atoms with Crippen molar-refractivity contribution in [3.8, 4) is 5.88 Å². The van der Waals surface area contributed by atoms with Gasteiger partial charge in [-0.3, -0.25) is 14.5 Å². The van der Waals surface area contributed by atoms with Crippen LogP contribution in [0.2, 0.25) is 0 Å². The third kappa shape index (κ3) is 4.30. The monoisotopic (exact) mass is 380 g/mol. The Morgan fingerprint density at radius 2 is 2.11 bits per heavy atom. The van der Waals surface area contributed by atoms with Gasteiger partial charge in [0.1, 0.15) is 5.69 Å². The van der Waals surface area contributed by atoms with Crippen LogP contribution in [-0.2, 0) is 6.54 Å². The summed E-state index contributed by atoms with van der Waals surface area (Å²) in [5.74, 6) is -0.505. The molecule has 0 fully saturated rings. The molecule has 0 aliphatic rings. The molecule has 0 bridgehead atoms. The lowest BCUT2D eigenvalue weighted by Gasteiger charge is -2.10. The summed E-state index contributed by atoms with van der Waals surface area (Å²) < 4.78 is 42.9. The van der Waals surface area contributed by atoms with Crippen molar-refractivity contribution in [2.75, 3.05) is 13.7 Å². The van der Waals surface area contributed by atoms with Gasteiger partial charge in [0.25, 0.3) is 5.91 Å². The van der Waals surface area contributed by atoms with Gasteiger partial charge in [-0.1, -0.05) is 0 Å². The molecule has 1 amide bonds. The minimum Gasteiger partial charge on any atom is -0.467 e. The number of pyridine rings is 1. The van der Waals surface area contributed by atoms with Crippen molar-refractivity contribution < 1.29 is 22.7 Å². The number of amides is 1. The highest BCUT2D eigenvalue weighted by Gasteiger charge is 2.29. The average Bonchev–Trinajstić information content (AvgIpc) is 3.01. The van der Waals surface area contributed by atoms with Crippen LogP contribution >= 0.6 is 0 Å². The second kappa shape index (κ2) is 7.17. The topological polar surface area (TPSA) is 94.8 Å². The van der Waals surface area contributed by atoms with Crippen LogP contribution in [0.25, 0.3) is 10.9 Å². The highest BCUT2D eigenvalue weighted by molar-refractivity contribution is 6.03. The smallest absolute Gasteiger partial charge is 0.422 e. The summed E-state index contributed by atoms with van der Waals surface area (Å²) >= 11 is 0. The van der Waals surface area contributed by atoms with Crippen LogP contribution in [0.4, 0.5) is 13.2 Å². The summed E-state index contributed by atoms with van der Waals surface area (Å²) in [7, 11) is 1.51. The van der Waals surface area contributed by atoms with E-state index in [1.165, 1.54) is 26.4 Å². The van der Waals surface area contributed by atoms with E-state index in [2.05, 4.69) is 30.1 Å². The van der Waals surface area contributed by atoms with Gasteiger partial charge in [-0.25, -0.2) is 9.97 Å². The van der Waals surface area contributed by atoms with Gasteiger partial charge in [-0.15, -0.1) is 0 Å². The average molecular weight is 380 g/mol. The standard InChI is InChI=1S/C16H15F3N6O2/c1-9-15(27-8-16(17,18)19)22-5-10(23-9)6-25-7-11-12(24-25)3-4-21-13(11)14(26)20-2/h3-5,7H,6,8H2,1-2H3,(H,20,26). The molecule has 3 aromatic rings. The zero-order chi connectivity index (χ0) is 19.6. The molecule has 0 unspecified atom stereocenters. The molecular formula is C16H15F3N6O2. The number of hydrogen-bond donors (Lipinski definition) is 1. The van der Waals surface area contributed by atoms with Crippen LogP contribution in [0.15, 0.2) is 24.7 Å². The highest BCUT2D eigenvalue weighted by Crippen LogP contribution is 2.20. The lowest BCUT2D eigenvalue weighted by atomic mass is 10.2. The Hall–Kier alpha value is -3.24. The number of nitrogens with one attached hydrogen (secondary N) is 1. The molecule has 142 valence electrons. The maximum atomic E-state index is 12.2. The number of alkyl halides is 3. The number of carbonyl (C=O) groups excluding carboxylic acids is 1. The highest BCUT2D eigenvalue weighted by atomic mass is 19.4. The van der Waals surface area contributed by atoms with Crippen molar-refractivity contribution in [3.63, 3.8) is 0 Å². The number of fused-ring (bicyclic) bond motifs is 1. The first-order chi connectivity index (χ1) is 12.8. The van der Waals surface area contributed by atoms with Crippen molar-refractivity contribution >= 4 is 16.8 Å². The van der Waals surface area contributed by atoms with Crippen LogP contribution in [0.5, 0.6) is 5.88 Å². The Balaban J connectivity index is 1.81. The number of aryl methyl sites for hydroxylation is 1. The van der Waals surface area contributed by atoms with Crippen LogP contribution in [0.3, 0.4) is 0 Å². The third-order valence-electron chi connectivity index (χ3n) is 3.57. The molecule has 0 saturated heterocycles. The van der Waals surface area contributed by atoms with Gasteiger partial charge in [0.15, 0.2) is 6.61 Å². The van der Waals surface area contributed by atoms with E-state index in [0.29, 0.717) is 16.6 Å². The van der Waals surface area contributed by atoms with E-state index in [1.54, 1.807) is 16.9 Å². The molecule has 1 N–H and O–H groups in total. The van der Waals surface area contributed by atoms with Gasteiger partial charge in [0.05, 0.1) is 35.0 Å². The minimum atomic E-state index is -4.45. The second-order valence-corrected chi connectivity index (χ2v) is 5.65. The lowest BCUT2D eigenvalue weighted by molar-refractivity contribution is -0.154. The third-order valence-corrected chi connectivity index (χ3v) is 3.57. The van der Waals surface area contributed by atoms with Gasteiger partial charge < -0.3 is 10.1 Å². The Labute approximate surface area is 151 Å². The molecular weight excluding hydrogens is 365 g/mol. The summed E-state index contributed by atoms with van der Waals surface area (Å²) in [6, 6.07) is 1.67. The fourth-order valence-corrected chi connectivity index (χ4v) is 2.43. The van der Waals surface area contributed by atoms with E-state index < -0.39 is 12.8 Å². The zero-order valence-corrected chi connectivity index (χ0v) is 14.4. The molecule has 0 aliphatic carbocycles. The normalized spacial score (nSPS) is 11.6. The van der Waals surface area contributed by atoms with E-state index in [0.717, 1.165) is 0 Å². The predicted octanol–water partition coefficient (Wildman–Crippen LogP) is 1.88. The first-order valence-corrected chi connectivity index (χ1v) is 7.83. The summed E-state index contributed by atoms with van der Waals surface area (Å²) in [4.78, 5) is 24.0. The van der Waals surface area contributed by atoms with Crippen LogP contribution in [0.1, 0.15) is 21.9 Å². The molecule has 3 heterocycles. The Bertz CT molecular complexity index is 986. The van der Waals surface area contributed by atoms with Gasteiger partial charge in [-0.05, 0) is 13.0 Å². The van der Waals surface area contributed by atoms with Crippen molar-refractivity contribution in [3.05, 3.63) is 41.7 Å². The predicted molar refractivity (Wildman–Crippen MR) is 88.3 cm³/mol. The first-order valence-electron chi connectivity index (χ1n) is 7.83. The number of rotatable bonds is 5. The van der Waals surface area contributed by atoms with E-state index in [4.69, 9.17) is 0 Å². The fourth-order valence-electron chi connectivity index (χ4n) is 2.43. The largest absolute Gasteiger partial charge is 0.467 e. The van der Waals surface area contributed by atoms with Crippen molar-refractivity contribution in [2.24, 2.45) is 0 Å². The lowest BCUT2D eigenvalue weighted by Crippen LogP contribution is -2.20. The molecule has 3 rings (SSSR count). The molecule has 11 heteroatoms. The molecule has 3 aromatic heterocycles. The molecule has 27 heavy (non-hydrogen) atoms. The number of ether oxygens (including phenoxy) is 1. The molecule has 0 saturated carbocycles. The molecule has 0 spiro atoms. The maximum Gasteiger partial charge on any atom is 0.422 e. The summed E-state index contributed by atoms with van der Waals surface area (Å²) in [5.41, 5.74) is 1.55. The van der Waals surface area contributed by atoms with Gasteiger partial charge in [0.2, 0.25) is 5.88 Å². The Kier molecular flexibility index (Phi) is 4.93. The summed E-state index contributed by atoms with van der Waals surface area (Å²) in [5, 5.41) is 7.44. The van der Waals surface area contributed by atoms with Gasteiger partial charge in [0, 0.05) is 19.4 Å². The van der Waals surface area contributed by atoms with Crippen LogP contribution in [0, 0.1) is 6.92 Å². The van der Waals surface area contributed by atoms with E-state index in [1.807, 2.05) is 0 Å². The molecule has 0 atom stereocenters. The van der Waals surface area contributed by atoms with E-state index >= 15 is 0 Å². The fraction of sp³-hybridized carbons (Fsp3) is 0.312. The summed E-state index contributed by atoms with van der Waals surface area (Å²) in [6.45, 7) is 0.298. The number of hydrogen-bond acceptors (Lipinski definition) is 6. The van der Waals surface area contributed by atoms with Crippen LogP contribution in [-0.4, -0.2) is 50.5 Å².